The van der Waals surface area contributed by atoms with Crippen LogP contribution in [0.4, 0.5) is 4.79 Å². The van der Waals surface area contributed by atoms with Crippen molar-refractivity contribution in [1.82, 2.24) is 19.4 Å². The van der Waals surface area contributed by atoms with E-state index < -0.39 is 0 Å². The number of aromatic nitrogens is 2. The fraction of sp³-hybridized carbons (Fsp3) is 0.469. The summed E-state index contributed by atoms with van der Waals surface area (Å²) in [6.45, 7) is 2.72. The van der Waals surface area contributed by atoms with Crippen LogP contribution in [0.2, 0.25) is 0 Å². The molecule has 2 aromatic carbocycles. The van der Waals surface area contributed by atoms with Crippen molar-refractivity contribution in [2.24, 2.45) is 17.1 Å². The topological polar surface area (TPSA) is 84.5 Å². The number of benzene rings is 2. The van der Waals surface area contributed by atoms with Crippen molar-refractivity contribution in [3.05, 3.63) is 89.0 Å². The smallest absolute Gasteiger partial charge is 0.320 e. The maximum absolute atomic E-state index is 14.0. The Balaban J connectivity index is 1.20. The van der Waals surface area contributed by atoms with Crippen LogP contribution in [-0.4, -0.2) is 51.1 Å². The van der Waals surface area contributed by atoms with E-state index in [0.717, 1.165) is 44.2 Å². The second-order valence-corrected chi connectivity index (χ2v) is 11.8. The van der Waals surface area contributed by atoms with E-state index in [-0.39, 0.29) is 29.1 Å². The molecular weight excluding hydrogens is 486 g/mol. The molecule has 3 aromatic rings. The number of urea groups is 1. The van der Waals surface area contributed by atoms with Crippen molar-refractivity contribution < 1.29 is 4.79 Å². The van der Waals surface area contributed by atoms with Crippen LogP contribution < -0.4 is 11.3 Å². The van der Waals surface area contributed by atoms with Crippen molar-refractivity contribution in [2.45, 2.75) is 63.6 Å². The highest BCUT2D eigenvalue weighted by Crippen LogP contribution is 2.49. The molecule has 3 fully saturated rings. The average molecular weight is 526 g/mol. The molecule has 7 nitrogen and oxygen atoms in total. The summed E-state index contributed by atoms with van der Waals surface area (Å²) < 4.78 is 1.78. The van der Waals surface area contributed by atoms with Gasteiger partial charge in [0.15, 0.2) is 0 Å². The molecule has 0 radical (unpaired) electrons. The molecule has 2 saturated heterocycles. The molecule has 1 spiro atoms. The molecule has 6 rings (SSSR count). The molecule has 3 atom stereocenters. The van der Waals surface area contributed by atoms with E-state index in [1.807, 2.05) is 41.3 Å². The highest BCUT2D eigenvalue weighted by molar-refractivity contribution is 5.75. The number of amides is 2. The Labute approximate surface area is 230 Å². The molecule has 2 amide bonds. The number of hydrogen-bond acceptors (Lipinski definition) is 4. The second kappa shape index (κ2) is 11.0. The minimum Gasteiger partial charge on any atom is -0.326 e. The Bertz CT molecular complexity index is 1340. The van der Waals surface area contributed by atoms with Crippen LogP contribution in [0.15, 0.2) is 77.9 Å². The lowest BCUT2D eigenvalue weighted by atomic mass is 9.69. The predicted octanol–water partition coefficient (Wildman–Crippen LogP) is 5.08. The summed E-state index contributed by atoms with van der Waals surface area (Å²) in [6, 6.07) is 22.1. The largest absolute Gasteiger partial charge is 0.326 e. The van der Waals surface area contributed by atoms with Crippen LogP contribution in [-0.2, 0) is 6.54 Å². The third-order valence-corrected chi connectivity index (χ3v) is 9.40. The number of nitrogens with zero attached hydrogens (tertiary/aromatic N) is 4. The monoisotopic (exact) mass is 525 g/mol. The first-order valence-corrected chi connectivity index (χ1v) is 14.5. The zero-order valence-electron chi connectivity index (χ0n) is 22.6. The van der Waals surface area contributed by atoms with Crippen molar-refractivity contribution in [3.63, 3.8) is 0 Å². The fourth-order valence-corrected chi connectivity index (χ4v) is 7.28. The van der Waals surface area contributed by atoms with E-state index in [9.17, 15) is 9.59 Å². The summed E-state index contributed by atoms with van der Waals surface area (Å²) in [7, 11) is 0. The van der Waals surface area contributed by atoms with E-state index in [0.29, 0.717) is 31.2 Å². The van der Waals surface area contributed by atoms with Gasteiger partial charge in [-0.15, -0.1) is 0 Å². The minimum absolute atomic E-state index is 0.0106. The molecule has 3 heterocycles. The van der Waals surface area contributed by atoms with Gasteiger partial charge in [-0.25, -0.2) is 9.78 Å². The molecule has 3 aliphatic rings. The van der Waals surface area contributed by atoms with Crippen molar-refractivity contribution in [2.75, 3.05) is 19.6 Å². The van der Waals surface area contributed by atoms with Crippen molar-refractivity contribution in [3.8, 4) is 11.3 Å². The Morgan fingerprint density at radius 1 is 0.974 bits per heavy atom. The van der Waals surface area contributed by atoms with E-state index in [1.165, 1.54) is 18.4 Å². The lowest BCUT2D eigenvalue weighted by Crippen LogP contribution is -2.57. The summed E-state index contributed by atoms with van der Waals surface area (Å²) in [5.74, 6) is 0.347. The lowest BCUT2D eigenvalue weighted by Gasteiger charge is -2.49. The highest BCUT2D eigenvalue weighted by Gasteiger charge is 2.47. The third kappa shape index (κ3) is 5.24. The maximum Gasteiger partial charge on any atom is 0.320 e. The number of hydrogen-bond donors (Lipinski definition) is 1. The molecule has 7 heteroatoms. The van der Waals surface area contributed by atoms with Gasteiger partial charge in [0.1, 0.15) is 0 Å². The molecule has 1 saturated carbocycles. The summed E-state index contributed by atoms with van der Waals surface area (Å²) >= 11 is 0. The molecule has 2 aliphatic heterocycles. The third-order valence-electron chi connectivity index (χ3n) is 9.40. The summed E-state index contributed by atoms with van der Waals surface area (Å²) in [5.41, 5.74) is 9.25. The van der Waals surface area contributed by atoms with E-state index >= 15 is 0 Å². The lowest BCUT2D eigenvalue weighted by molar-refractivity contribution is 0.0211. The Hall–Kier alpha value is -3.45. The molecule has 2 N–H and O–H groups in total. The molecule has 0 unspecified atom stereocenters. The van der Waals surface area contributed by atoms with E-state index in [2.05, 4.69) is 34.1 Å². The quantitative estimate of drug-likeness (QED) is 0.515. The zero-order chi connectivity index (χ0) is 26.8. The van der Waals surface area contributed by atoms with Crippen LogP contribution in [0.1, 0.15) is 56.6 Å². The Kier molecular flexibility index (Phi) is 7.26. The summed E-state index contributed by atoms with van der Waals surface area (Å²) in [6.07, 6.45) is 9.01. The normalized spacial score (nSPS) is 24.7. The number of carbonyl (C=O) groups excluding carboxylic acids is 1. The van der Waals surface area contributed by atoms with Gasteiger partial charge < -0.3 is 15.5 Å². The van der Waals surface area contributed by atoms with Gasteiger partial charge in [0.05, 0.1) is 18.1 Å². The first-order valence-electron chi connectivity index (χ1n) is 14.5. The first kappa shape index (κ1) is 25.8. The summed E-state index contributed by atoms with van der Waals surface area (Å²) in [4.78, 5) is 35.9. The van der Waals surface area contributed by atoms with E-state index in [4.69, 9.17) is 5.73 Å². The Morgan fingerprint density at radius 3 is 2.41 bits per heavy atom. The minimum atomic E-state index is -0.0106. The first-order chi connectivity index (χ1) is 19.0. The van der Waals surface area contributed by atoms with Crippen molar-refractivity contribution in [1.29, 1.82) is 0 Å². The van der Waals surface area contributed by atoms with Crippen molar-refractivity contribution >= 4 is 6.03 Å². The van der Waals surface area contributed by atoms with Gasteiger partial charge in [-0.2, -0.15) is 0 Å². The SMILES string of the molecule is N[C@H]1CC[C@H](c2ccccc2)N(C(=O)N2CC[C@@H](Cn3cnc(-c4ccccc4)cc3=O)C3(CCCC3)C2)C1. The van der Waals surface area contributed by atoms with Crippen LogP contribution in [0.3, 0.4) is 0 Å². The summed E-state index contributed by atoms with van der Waals surface area (Å²) in [5, 5.41) is 0. The molecular formula is C32H39N5O2. The standard InChI is InChI=1S/C32H39N5O2/c33-27-13-14-29(25-11-5-2-6-12-25)37(21-27)31(39)35-18-15-26(32(22-35)16-7-8-17-32)20-36-23-34-28(19-30(36)38)24-9-3-1-4-10-24/h1-6,9-12,19,23,26-27,29H,7-8,13-18,20-22,33H2/t26-,27-,29+/m0/s1. The maximum atomic E-state index is 14.0. The number of piperidine rings is 2. The predicted molar refractivity (Wildman–Crippen MR) is 153 cm³/mol. The van der Waals surface area contributed by atoms with Gasteiger partial charge in [0.2, 0.25) is 0 Å². The van der Waals surface area contributed by atoms with Gasteiger partial charge in [-0.3, -0.25) is 9.36 Å². The fourth-order valence-electron chi connectivity index (χ4n) is 7.28. The van der Waals surface area contributed by atoms with Crippen LogP contribution >= 0.6 is 0 Å². The number of rotatable bonds is 4. The van der Waals surface area contributed by atoms with Crippen LogP contribution in [0.5, 0.6) is 0 Å². The van der Waals surface area contributed by atoms with E-state index in [1.54, 1.807) is 17.0 Å². The molecule has 1 aliphatic carbocycles. The second-order valence-electron chi connectivity index (χ2n) is 11.8. The van der Waals surface area contributed by atoms with Crippen LogP contribution in [0, 0.1) is 11.3 Å². The van der Waals surface area contributed by atoms with Gasteiger partial charge in [-0.1, -0.05) is 73.5 Å². The number of likely N-dealkylation sites (tertiary alicyclic amines) is 2. The molecule has 204 valence electrons. The Morgan fingerprint density at radius 2 is 1.69 bits per heavy atom. The number of nitrogens with two attached hydrogens (primary N) is 1. The average Bonchev–Trinajstić information content (AvgIpc) is 3.44. The van der Waals surface area contributed by atoms with Crippen LogP contribution in [0.25, 0.3) is 11.3 Å². The number of carbonyl (C=O) groups is 1. The molecule has 1 aromatic heterocycles. The van der Waals surface area contributed by atoms with Gasteiger partial charge in [-0.05, 0) is 49.0 Å². The zero-order valence-corrected chi connectivity index (χ0v) is 22.6. The van der Waals surface area contributed by atoms with Gasteiger partial charge >= 0.3 is 6.03 Å². The van der Waals surface area contributed by atoms with Gasteiger partial charge in [0.25, 0.3) is 5.56 Å². The highest BCUT2D eigenvalue weighted by atomic mass is 16.2. The molecule has 39 heavy (non-hydrogen) atoms. The molecule has 0 bridgehead atoms. The van der Waals surface area contributed by atoms with Gasteiger partial charge in [0, 0.05) is 43.9 Å².